The molecule has 1 aliphatic heterocycles. The molecule has 0 radical (unpaired) electrons. The zero-order valence-corrected chi connectivity index (χ0v) is 11.5. The van der Waals surface area contributed by atoms with E-state index in [1.807, 2.05) is 6.07 Å². The van der Waals surface area contributed by atoms with Crippen LogP contribution in [0.2, 0.25) is 0 Å². The van der Waals surface area contributed by atoms with Crippen LogP contribution in [0, 0.1) is 0 Å². The number of anilines is 2. The third-order valence-electron chi connectivity index (χ3n) is 3.66. The number of carboxylic acid groups (broad SMARTS) is 1. The van der Waals surface area contributed by atoms with Gasteiger partial charge in [-0.15, -0.1) is 0 Å². The highest BCUT2D eigenvalue weighted by molar-refractivity contribution is 5.97. The molecule has 1 aromatic carbocycles. The van der Waals surface area contributed by atoms with Gasteiger partial charge in [0.15, 0.2) is 0 Å². The number of aromatic carboxylic acids is 1. The van der Waals surface area contributed by atoms with Gasteiger partial charge in [0.05, 0.1) is 23.5 Å². The summed E-state index contributed by atoms with van der Waals surface area (Å²) >= 11 is 0. The molecule has 4 N–H and O–H groups in total. The maximum absolute atomic E-state index is 11.1. The van der Waals surface area contributed by atoms with Gasteiger partial charge in [0, 0.05) is 26.2 Å². The molecule has 20 heavy (non-hydrogen) atoms. The lowest BCUT2D eigenvalue weighted by Crippen LogP contribution is -2.32. The lowest BCUT2D eigenvalue weighted by Gasteiger charge is -2.25. The minimum absolute atomic E-state index is 0.152. The Hall–Kier alpha value is -1.79. The molecule has 1 saturated heterocycles. The molecule has 0 bridgehead atoms. The SMILES string of the molecule is Nc1c(C(=O)O)cccc1N1CCCN(CCO)CC1. The number of rotatable bonds is 4. The lowest BCUT2D eigenvalue weighted by atomic mass is 10.1. The molecule has 0 unspecified atom stereocenters. The molecule has 0 amide bonds. The summed E-state index contributed by atoms with van der Waals surface area (Å²) in [6.07, 6.45) is 0.969. The summed E-state index contributed by atoms with van der Waals surface area (Å²) in [7, 11) is 0. The highest BCUT2D eigenvalue weighted by Gasteiger charge is 2.19. The van der Waals surface area contributed by atoms with Crippen molar-refractivity contribution in [3.05, 3.63) is 23.8 Å². The Morgan fingerprint density at radius 3 is 2.75 bits per heavy atom. The molecule has 1 fully saturated rings. The molecule has 1 aliphatic rings. The van der Waals surface area contributed by atoms with Crippen molar-refractivity contribution in [1.82, 2.24) is 4.90 Å². The Kier molecular flexibility index (Phi) is 4.81. The minimum Gasteiger partial charge on any atom is -0.478 e. The lowest BCUT2D eigenvalue weighted by molar-refractivity contribution is 0.0698. The fraction of sp³-hybridized carbons (Fsp3) is 0.500. The van der Waals surface area contributed by atoms with Gasteiger partial charge in [0.25, 0.3) is 0 Å². The fourth-order valence-electron chi connectivity index (χ4n) is 2.59. The molecular formula is C14H21N3O3. The first kappa shape index (κ1) is 14.6. The van der Waals surface area contributed by atoms with E-state index in [9.17, 15) is 4.79 Å². The van der Waals surface area contributed by atoms with Crippen molar-refractivity contribution < 1.29 is 15.0 Å². The molecule has 1 heterocycles. The molecule has 6 heteroatoms. The van der Waals surface area contributed by atoms with Gasteiger partial charge in [-0.05, 0) is 25.1 Å². The number of aliphatic hydroxyl groups excluding tert-OH is 1. The van der Waals surface area contributed by atoms with Crippen LogP contribution < -0.4 is 10.6 Å². The molecule has 0 aliphatic carbocycles. The maximum atomic E-state index is 11.1. The van der Waals surface area contributed by atoms with Gasteiger partial charge in [-0.25, -0.2) is 4.79 Å². The summed E-state index contributed by atoms with van der Waals surface area (Å²) in [6.45, 7) is 4.25. The van der Waals surface area contributed by atoms with Crippen LogP contribution in [0.5, 0.6) is 0 Å². The molecule has 0 saturated carbocycles. The van der Waals surface area contributed by atoms with Crippen molar-refractivity contribution >= 4 is 17.3 Å². The largest absolute Gasteiger partial charge is 0.478 e. The average molecular weight is 279 g/mol. The Morgan fingerprint density at radius 1 is 1.25 bits per heavy atom. The number of nitrogens with two attached hydrogens (primary N) is 1. The van der Waals surface area contributed by atoms with Crippen LogP contribution in [0.25, 0.3) is 0 Å². The van der Waals surface area contributed by atoms with Crippen LogP contribution >= 0.6 is 0 Å². The molecule has 1 aromatic rings. The standard InChI is InChI=1S/C14H21N3O3/c15-13-11(14(19)20)3-1-4-12(13)17-6-2-5-16(7-8-17)9-10-18/h1,3-4,18H,2,5-10,15H2,(H,19,20). The van der Waals surface area contributed by atoms with Gasteiger partial charge >= 0.3 is 5.97 Å². The maximum Gasteiger partial charge on any atom is 0.337 e. The van der Waals surface area contributed by atoms with Crippen molar-refractivity contribution in [1.29, 1.82) is 0 Å². The number of benzene rings is 1. The molecule has 0 aromatic heterocycles. The first-order valence-corrected chi connectivity index (χ1v) is 6.83. The van der Waals surface area contributed by atoms with Crippen molar-refractivity contribution in [2.45, 2.75) is 6.42 Å². The smallest absolute Gasteiger partial charge is 0.337 e. The van der Waals surface area contributed by atoms with Gasteiger partial charge in [-0.1, -0.05) is 6.07 Å². The highest BCUT2D eigenvalue weighted by atomic mass is 16.4. The average Bonchev–Trinajstić information content (AvgIpc) is 2.65. The van der Waals surface area contributed by atoms with Gasteiger partial charge in [-0.3, -0.25) is 4.90 Å². The van der Waals surface area contributed by atoms with Crippen LogP contribution in [0.3, 0.4) is 0 Å². The second-order valence-corrected chi connectivity index (χ2v) is 4.95. The van der Waals surface area contributed by atoms with Crippen LogP contribution in [0.4, 0.5) is 11.4 Å². The number of hydrogen-bond acceptors (Lipinski definition) is 5. The summed E-state index contributed by atoms with van der Waals surface area (Å²) in [5.74, 6) is -0.999. The Labute approximate surface area is 118 Å². The van der Waals surface area contributed by atoms with Crippen molar-refractivity contribution in [3.8, 4) is 0 Å². The van der Waals surface area contributed by atoms with Crippen LogP contribution in [0.15, 0.2) is 18.2 Å². The number of para-hydroxylation sites is 1. The third kappa shape index (κ3) is 3.20. The van der Waals surface area contributed by atoms with E-state index in [1.165, 1.54) is 6.07 Å². The number of nitrogen functional groups attached to an aromatic ring is 1. The van der Waals surface area contributed by atoms with Crippen molar-refractivity contribution in [2.24, 2.45) is 0 Å². The topological polar surface area (TPSA) is 90.0 Å². The molecule has 110 valence electrons. The van der Waals surface area contributed by atoms with E-state index in [-0.39, 0.29) is 12.2 Å². The molecule has 6 nitrogen and oxygen atoms in total. The first-order chi connectivity index (χ1) is 9.63. The van der Waals surface area contributed by atoms with E-state index < -0.39 is 5.97 Å². The number of β-amino-alcohol motifs (C(OH)–C–C–N with tert-alkyl or cyclic N) is 1. The number of carbonyl (C=O) groups is 1. The van der Waals surface area contributed by atoms with Gasteiger partial charge < -0.3 is 20.8 Å². The van der Waals surface area contributed by atoms with E-state index in [2.05, 4.69) is 9.80 Å². The van der Waals surface area contributed by atoms with Crippen LogP contribution in [0.1, 0.15) is 16.8 Å². The number of hydrogen-bond donors (Lipinski definition) is 3. The summed E-state index contributed by atoms with van der Waals surface area (Å²) in [5.41, 5.74) is 7.25. The zero-order valence-electron chi connectivity index (χ0n) is 11.5. The highest BCUT2D eigenvalue weighted by Crippen LogP contribution is 2.27. The predicted octanol–water partition coefficient (Wildman–Crippen LogP) is 0.471. The number of carboxylic acids is 1. The Bertz CT molecular complexity index is 479. The monoisotopic (exact) mass is 279 g/mol. The predicted molar refractivity (Wildman–Crippen MR) is 78.2 cm³/mol. The van der Waals surface area contributed by atoms with E-state index in [1.54, 1.807) is 6.07 Å². The van der Waals surface area contributed by atoms with E-state index in [4.69, 9.17) is 15.9 Å². The summed E-state index contributed by atoms with van der Waals surface area (Å²) in [4.78, 5) is 15.5. The number of aliphatic hydroxyl groups is 1. The Balaban J connectivity index is 2.15. The fourth-order valence-corrected chi connectivity index (χ4v) is 2.59. The van der Waals surface area contributed by atoms with Crippen LogP contribution in [-0.2, 0) is 0 Å². The number of nitrogens with zero attached hydrogens (tertiary/aromatic N) is 2. The minimum atomic E-state index is -0.999. The first-order valence-electron chi connectivity index (χ1n) is 6.83. The van der Waals surface area contributed by atoms with Gasteiger partial charge in [-0.2, -0.15) is 0 Å². The van der Waals surface area contributed by atoms with E-state index in [0.717, 1.165) is 38.3 Å². The van der Waals surface area contributed by atoms with E-state index in [0.29, 0.717) is 12.2 Å². The quantitative estimate of drug-likeness (QED) is 0.694. The molecule has 0 spiro atoms. The van der Waals surface area contributed by atoms with Crippen molar-refractivity contribution in [2.75, 3.05) is 50.0 Å². The summed E-state index contributed by atoms with van der Waals surface area (Å²) < 4.78 is 0. The Morgan fingerprint density at radius 2 is 2.05 bits per heavy atom. The van der Waals surface area contributed by atoms with E-state index >= 15 is 0 Å². The second-order valence-electron chi connectivity index (χ2n) is 4.95. The molecular weight excluding hydrogens is 258 g/mol. The summed E-state index contributed by atoms with van der Waals surface area (Å²) in [6, 6.07) is 5.12. The zero-order chi connectivity index (χ0) is 14.5. The van der Waals surface area contributed by atoms with Crippen LogP contribution in [-0.4, -0.2) is 60.4 Å². The molecule has 2 rings (SSSR count). The van der Waals surface area contributed by atoms with Gasteiger partial charge in [0.2, 0.25) is 0 Å². The van der Waals surface area contributed by atoms with Crippen molar-refractivity contribution in [3.63, 3.8) is 0 Å². The normalized spacial score (nSPS) is 16.9. The van der Waals surface area contributed by atoms with Gasteiger partial charge in [0.1, 0.15) is 0 Å². The molecule has 0 atom stereocenters. The summed E-state index contributed by atoms with van der Waals surface area (Å²) in [5, 5.41) is 18.1. The third-order valence-corrected chi connectivity index (χ3v) is 3.66. The second kappa shape index (κ2) is 6.58.